The highest BCUT2D eigenvalue weighted by Crippen LogP contribution is 2.47. The molecule has 0 heterocycles. The minimum absolute atomic E-state index is 0.00116. The Morgan fingerprint density at radius 1 is 1.33 bits per heavy atom. The molecule has 4 unspecified atom stereocenters. The number of nitrogens with zero attached hydrogens (tertiary/aromatic N) is 1. The van der Waals surface area contributed by atoms with Crippen molar-refractivity contribution in [3.63, 3.8) is 0 Å². The van der Waals surface area contributed by atoms with Crippen LogP contribution < -0.4 is 11.1 Å². The Balaban J connectivity index is 1.67. The fourth-order valence-corrected chi connectivity index (χ4v) is 4.06. The average molecular weight is 287 g/mol. The topological polar surface area (TPSA) is 58.4 Å². The number of rotatable bonds is 4. The van der Waals surface area contributed by atoms with Gasteiger partial charge in [-0.15, -0.1) is 0 Å². The molecule has 2 fully saturated rings. The number of carbonyl (C=O) groups is 1. The molecule has 2 aliphatic rings. The molecule has 1 aromatic rings. The van der Waals surface area contributed by atoms with E-state index in [1.165, 1.54) is 12.0 Å². The van der Waals surface area contributed by atoms with Gasteiger partial charge in [0.05, 0.1) is 5.92 Å². The van der Waals surface area contributed by atoms with Crippen LogP contribution in [-0.4, -0.2) is 30.9 Å². The highest BCUT2D eigenvalue weighted by molar-refractivity contribution is 5.93. The molecule has 0 radical (unpaired) electrons. The van der Waals surface area contributed by atoms with Gasteiger partial charge in [-0.2, -0.15) is 0 Å². The summed E-state index contributed by atoms with van der Waals surface area (Å²) >= 11 is 0. The Labute approximate surface area is 126 Å². The Morgan fingerprint density at radius 2 is 2.10 bits per heavy atom. The maximum absolute atomic E-state index is 12.5. The lowest BCUT2D eigenvalue weighted by Crippen LogP contribution is -2.42. The van der Waals surface area contributed by atoms with Gasteiger partial charge in [-0.05, 0) is 62.9 Å². The molecule has 2 bridgehead atoms. The van der Waals surface area contributed by atoms with Crippen LogP contribution in [0.15, 0.2) is 24.3 Å². The first-order valence-corrected chi connectivity index (χ1v) is 7.84. The van der Waals surface area contributed by atoms with Gasteiger partial charge in [0, 0.05) is 18.3 Å². The van der Waals surface area contributed by atoms with E-state index in [0.29, 0.717) is 11.8 Å². The molecular formula is C17H25N3O. The van der Waals surface area contributed by atoms with Crippen molar-refractivity contribution in [1.29, 1.82) is 0 Å². The van der Waals surface area contributed by atoms with Gasteiger partial charge in [0.25, 0.3) is 0 Å². The molecule has 114 valence electrons. The Bertz CT molecular complexity index is 527. The predicted octanol–water partition coefficient (Wildman–Crippen LogP) is 2.06. The highest BCUT2D eigenvalue weighted by atomic mass is 16.2. The van der Waals surface area contributed by atoms with Gasteiger partial charge in [-0.25, -0.2) is 0 Å². The molecule has 4 heteroatoms. The molecule has 1 aromatic carbocycles. The van der Waals surface area contributed by atoms with E-state index >= 15 is 0 Å². The monoisotopic (exact) mass is 287 g/mol. The number of hydrogen-bond acceptors (Lipinski definition) is 3. The fourth-order valence-electron chi connectivity index (χ4n) is 4.06. The zero-order valence-corrected chi connectivity index (χ0v) is 12.9. The molecular weight excluding hydrogens is 262 g/mol. The third-order valence-corrected chi connectivity index (χ3v) is 4.98. The summed E-state index contributed by atoms with van der Waals surface area (Å²) in [5.41, 5.74) is 8.33. The molecule has 3 N–H and O–H groups in total. The van der Waals surface area contributed by atoms with Crippen molar-refractivity contribution in [2.24, 2.45) is 23.5 Å². The standard InChI is InChI=1S/C17H25N3O/c1-20(2)10-11-4-3-5-14(8-11)19-17(21)15-12-6-7-13(9-12)16(15)18/h3-5,8,12-13,15-16H,6-7,9-10,18H2,1-2H3,(H,19,21). The molecule has 21 heavy (non-hydrogen) atoms. The van der Waals surface area contributed by atoms with E-state index in [9.17, 15) is 4.79 Å². The molecule has 4 atom stereocenters. The van der Waals surface area contributed by atoms with Crippen LogP contribution in [-0.2, 0) is 11.3 Å². The number of carbonyl (C=O) groups excluding carboxylic acids is 1. The zero-order chi connectivity index (χ0) is 15.0. The molecule has 2 saturated carbocycles. The summed E-state index contributed by atoms with van der Waals surface area (Å²) in [5, 5.41) is 3.08. The number of anilines is 1. The van der Waals surface area contributed by atoms with Crippen LogP contribution in [0.1, 0.15) is 24.8 Å². The molecule has 0 spiro atoms. The quantitative estimate of drug-likeness (QED) is 0.891. The molecule has 4 nitrogen and oxygen atoms in total. The van der Waals surface area contributed by atoms with Gasteiger partial charge in [0.1, 0.15) is 0 Å². The van der Waals surface area contributed by atoms with Gasteiger partial charge in [-0.3, -0.25) is 4.79 Å². The first kappa shape index (κ1) is 14.5. The molecule has 2 aliphatic carbocycles. The normalized spacial score (nSPS) is 30.9. The van der Waals surface area contributed by atoms with Gasteiger partial charge in [0.15, 0.2) is 0 Å². The molecule has 3 rings (SSSR count). The van der Waals surface area contributed by atoms with E-state index in [0.717, 1.165) is 25.1 Å². The second kappa shape index (κ2) is 5.78. The predicted molar refractivity (Wildman–Crippen MR) is 84.8 cm³/mol. The lowest BCUT2D eigenvalue weighted by molar-refractivity contribution is -0.121. The summed E-state index contributed by atoms with van der Waals surface area (Å²) < 4.78 is 0. The minimum atomic E-state index is 0.00116. The summed E-state index contributed by atoms with van der Waals surface area (Å²) in [5.74, 6) is 1.17. The van der Waals surface area contributed by atoms with E-state index in [2.05, 4.69) is 22.3 Å². The maximum atomic E-state index is 12.5. The van der Waals surface area contributed by atoms with E-state index in [1.54, 1.807) is 0 Å². The third kappa shape index (κ3) is 2.97. The van der Waals surface area contributed by atoms with E-state index < -0.39 is 0 Å². The lowest BCUT2D eigenvalue weighted by Gasteiger charge is -2.27. The van der Waals surface area contributed by atoms with Crippen molar-refractivity contribution in [1.82, 2.24) is 4.90 Å². The Hall–Kier alpha value is -1.39. The third-order valence-electron chi connectivity index (χ3n) is 4.98. The number of benzene rings is 1. The van der Waals surface area contributed by atoms with Crippen molar-refractivity contribution in [3.8, 4) is 0 Å². The first-order chi connectivity index (χ1) is 10.0. The number of hydrogen-bond donors (Lipinski definition) is 2. The van der Waals surface area contributed by atoms with Crippen molar-refractivity contribution in [2.45, 2.75) is 31.8 Å². The summed E-state index contributed by atoms with van der Waals surface area (Å²) in [6, 6.07) is 8.13. The molecule has 1 amide bonds. The zero-order valence-electron chi connectivity index (χ0n) is 12.9. The van der Waals surface area contributed by atoms with E-state index in [4.69, 9.17) is 5.73 Å². The lowest BCUT2D eigenvalue weighted by atomic mass is 9.84. The van der Waals surface area contributed by atoms with Crippen LogP contribution in [0, 0.1) is 17.8 Å². The maximum Gasteiger partial charge on any atom is 0.229 e. The fraction of sp³-hybridized carbons (Fsp3) is 0.588. The van der Waals surface area contributed by atoms with Crippen LogP contribution in [0.2, 0.25) is 0 Å². The van der Waals surface area contributed by atoms with Crippen LogP contribution in [0.25, 0.3) is 0 Å². The summed E-state index contributed by atoms with van der Waals surface area (Å²) in [6.45, 7) is 0.872. The smallest absolute Gasteiger partial charge is 0.229 e. The van der Waals surface area contributed by atoms with Gasteiger partial charge in [-0.1, -0.05) is 12.1 Å². The Morgan fingerprint density at radius 3 is 2.76 bits per heavy atom. The average Bonchev–Trinajstić information content (AvgIpc) is 2.98. The first-order valence-electron chi connectivity index (χ1n) is 7.84. The van der Waals surface area contributed by atoms with Crippen molar-refractivity contribution in [3.05, 3.63) is 29.8 Å². The van der Waals surface area contributed by atoms with Crippen LogP contribution in [0.3, 0.4) is 0 Å². The second-order valence-electron chi connectivity index (χ2n) is 6.86. The summed E-state index contributed by atoms with van der Waals surface area (Å²) in [7, 11) is 4.08. The largest absolute Gasteiger partial charge is 0.327 e. The van der Waals surface area contributed by atoms with E-state index in [1.807, 2.05) is 26.2 Å². The highest BCUT2D eigenvalue weighted by Gasteiger charge is 2.49. The molecule has 0 aromatic heterocycles. The Kier molecular flexibility index (Phi) is 4.00. The van der Waals surface area contributed by atoms with E-state index in [-0.39, 0.29) is 17.9 Å². The van der Waals surface area contributed by atoms with Crippen LogP contribution in [0.4, 0.5) is 5.69 Å². The number of amides is 1. The van der Waals surface area contributed by atoms with Gasteiger partial charge >= 0.3 is 0 Å². The number of fused-ring (bicyclic) bond motifs is 2. The van der Waals surface area contributed by atoms with Crippen molar-refractivity contribution in [2.75, 3.05) is 19.4 Å². The van der Waals surface area contributed by atoms with Crippen LogP contribution >= 0.6 is 0 Å². The number of nitrogens with two attached hydrogens (primary N) is 1. The van der Waals surface area contributed by atoms with Crippen molar-refractivity contribution < 1.29 is 4.79 Å². The minimum Gasteiger partial charge on any atom is -0.327 e. The second-order valence-corrected chi connectivity index (χ2v) is 6.86. The van der Waals surface area contributed by atoms with Crippen molar-refractivity contribution >= 4 is 11.6 Å². The summed E-state index contributed by atoms with van der Waals surface area (Å²) in [4.78, 5) is 14.7. The van der Waals surface area contributed by atoms with Gasteiger partial charge in [0.2, 0.25) is 5.91 Å². The summed E-state index contributed by atoms with van der Waals surface area (Å²) in [6.07, 6.45) is 3.50. The SMILES string of the molecule is CN(C)Cc1cccc(NC(=O)C2C3CCC(C3)C2N)c1. The molecule has 0 aliphatic heterocycles. The van der Waals surface area contributed by atoms with Gasteiger partial charge < -0.3 is 16.0 Å². The molecule has 0 saturated heterocycles. The van der Waals surface area contributed by atoms with Crippen LogP contribution in [0.5, 0.6) is 0 Å². The number of nitrogens with one attached hydrogen (secondary N) is 1.